The van der Waals surface area contributed by atoms with Gasteiger partial charge in [-0.1, -0.05) is 6.92 Å². The van der Waals surface area contributed by atoms with E-state index >= 15 is 0 Å². The summed E-state index contributed by atoms with van der Waals surface area (Å²) in [6.07, 6.45) is 2.68. The molecule has 0 saturated carbocycles. The highest BCUT2D eigenvalue weighted by Gasteiger charge is 2.38. The number of thiazole rings is 1. The molecule has 2 N–H and O–H groups in total. The van der Waals surface area contributed by atoms with Crippen molar-refractivity contribution in [1.82, 2.24) is 15.6 Å². The molecule has 0 aliphatic carbocycles. The van der Waals surface area contributed by atoms with Crippen LogP contribution >= 0.6 is 11.3 Å². The SMILES string of the molecule is CCC1(C(=O)NCCc2csc(C)n2)CCNC1. The number of hydrogen-bond acceptors (Lipinski definition) is 4. The zero-order valence-corrected chi connectivity index (χ0v) is 11.9. The summed E-state index contributed by atoms with van der Waals surface area (Å²) in [5, 5.41) is 9.49. The predicted octanol–water partition coefficient (Wildman–Crippen LogP) is 1.50. The third-order valence-electron chi connectivity index (χ3n) is 3.74. The van der Waals surface area contributed by atoms with Gasteiger partial charge in [0.25, 0.3) is 0 Å². The van der Waals surface area contributed by atoms with E-state index in [4.69, 9.17) is 0 Å². The average Bonchev–Trinajstić information content (AvgIpc) is 2.99. The van der Waals surface area contributed by atoms with Crippen molar-refractivity contribution < 1.29 is 4.79 Å². The lowest BCUT2D eigenvalue weighted by Crippen LogP contribution is -2.42. The predicted molar refractivity (Wildman–Crippen MR) is 73.8 cm³/mol. The zero-order chi connectivity index (χ0) is 13.0. The molecule has 5 heteroatoms. The quantitative estimate of drug-likeness (QED) is 0.850. The van der Waals surface area contributed by atoms with Gasteiger partial charge in [0.05, 0.1) is 16.1 Å². The molecule has 18 heavy (non-hydrogen) atoms. The first kappa shape index (κ1) is 13.5. The smallest absolute Gasteiger partial charge is 0.227 e. The summed E-state index contributed by atoms with van der Waals surface area (Å²) in [7, 11) is 0. The first-order chi connectivity index (χ1) is 8.66. The highest BCUT2D eigenvalue weighted by Crippen LogP contribution is 2.29. The average molecular weight is 267 g/mol. The number of aromatic nitrogens is 1. The second kappa shape index (κ2) is 5.80. The van der Waals surface area contributed by atoms with Crippen molar-refractivity contribution >= 4 is 17.2 Å². The lowest BCUT2D eigenvalue weighted by molar-refractivity contribution is -0.130. The van der Waals surface area contributed by atoms with Gasteiger partial charge in [-0.05, 0) is 26.3 Å². The van der Waals surface area contributed by atoms with Crippen LogP contribution in [-0.2, 0) is 11.2 Å². The van der Waals surface area contributed by atoms with Gasteiger partial charge in [0.1, 0.15) is 0 Å². The third-order valence-corrected chi connectivity index (χ3v) is 4.56. The normalized spacial score (nSPS) is 23.2. The summed E-state index contributed by atoms with van der Waals surface area (Å²) < 4.78 is 0. The van der Waals surface area contributed by atoms with Gasteiger partial charge in [-0.2, -0.15) is 0 Å². The van der Waals surface area contributed by atoms with Gasteiger partial charge in [-0.25, -0.2) is 4.98 Å². The van der Waals surface area contributed by atoms with Crippen molar-refractivity contribution in [2.45, 2.75) is 33.1 Å². The number of nitrogens with zero attached hydrogens (tertiary/aromatic N) is 1. The van der Waals surface area contributed by atoms with Crippen LogP contribution in [0.15, 0.2) is 5.38 Å². The summed E-state index contributed by atoms with van der Waals surface area (Å²) in [5.41, 5.74) is 0.894. The first-order valence-corrected chi connectivity index (χ1v) is 7.44. The van der Waals surface area contributed by atoms with E-state index in [9.17, 15) is 4.79 Å². The maximum atomic E-state index is 12.2. The van der Waals surface area contributed by atoms with Crippen LogP contribution in [0.1, 0.15) is 30.5 Å². The molecule has 1 amide bonds. The van der Waals surface area contributed by atoms with Crippen molar-refractivity contribution in [2.75, 3.05) is 19.6 Å². The number of carbonyl (C=O) groups is 1. The largest absolute Gasteiger partial charge is 0.355 e. The fourth-order valence-electron chi connectivity index (χ4n) is 2.41. The van der Waals surface area contributed by atoms with Crippen LogP contribution < -0.4 is 10.6 Å². The Bertz CT molecular complexity index is 410. The van der Waals surface area contributed by atoms with Crippen LogP contribution in [0.5, 0.6) is 0 Å². The van der Waals surface area contributed by atoms with E-state index in [-0.39, 0.29) is 11.3 Å². The van der Waals surface area contributed by atoms with Gasteiger partial charge in [-0.3, -0.25) is 4.79 Å². The summed E-state index contributed by atoms with van der Waals surface area (Å²) in [4.78, 5) is 16.6. The Balaban J connectivity index is 1.81. The van der Waals surface area contributed by atoms with Gasteiger partial charge < -0.3 is 10.6 Å². The Morgan fingerprint density at radius 3 is 3.06 bits per heavy atom. The maximum Gasteiger partial charge on any atom is 0.227 e. The molecule has 2 heterocycles. The number of nitrogens with one attached hydrogen (secondary N) is 2. The van der Waals surface area contributed by atoms with Crippen molar-refractivity contribution in [3.8, 4) is 0 Å². The van der Waals surface area contributed by atoms with Gasteiger partial charge in [-0.15, -0.1) is 11.3 Å². The molecule has 0 spiro atoms. The molecule has 4 nitrogen and oxygen atoms in total. The molecular weight excluding hydrogens is 246 g/mol. The molecule has 2 rings (SSSR count). The molecule has 0 aromatic carbocycles. The van der Waals surface area contributed by atoms with Crippen LogP contribution in [0, 0.1) is 12.3 Å². The van der Waals surface area contributed by atoms with Crippen LogP contribution in [0.3, 0.4) is 0 Å². The summed E-state index contributed by atoms with van der Waals surface area (Å²) in [6, 6.07) is 0. The molecular formula is C13H21N3OS. The molecule has 1 unspecified atom stereocenters. The Kier molecular flexibility index (Phi) is 4.35. The second-order valence-corrected chi connectivity index (χ2v) is 5.99. The fourth-order valence-corrected chi connectivity index (χ4v) is 3.06. The van der Waals surface area contributed by atoms with Gasteiger partial charge >= 0.3 is 0 Å². The standard InChI is InChI=1S/C13H21N3OS/c1-3-13(5-7-14-9-13)12(17)15-6-4-11-8-18-10(2)16-11/h8,14H,3-7,9H2,1-2H3,(H,15,17). The van der Waals surface area contributed by atoms with E-state index in [0.29, 0.717) is 6.54 Å². The van der Waals surface area contributed by atoms with Crippen LogP contribution in [0.2, 0.25) is 0 Å². The molecule has 1 aromatic heterocycles. The fraction of sp³-hybridized carbons (Fsp3) is 0.692. The van der Waals surface area contributed by atoms with E-state index in [2.05, 4.69) is 27.9 Å². The number of aryl methyl sites for hydroxylation is 1. The lowest BCUT2D eigenvalue weighted by Gasteiger charge is -2.25. The van der Waals surface area contributed by atoms with Crippen molar-refractivity contribution in [2.24, 2.45) is 5.41 Å². The van der Waals surface area contributed by atoms with Crippen LogP contribution in [-0.4, -0.2) is 30.5 Å². The summed E-state index contributed by atoms with van der Waals surface area (Å²) in [5.74, 6) is 0.196. The molecule has 1 saturated heterocycles. The van der Waals surface area contributed by atoms with Crippen molar-refractivity contribution in [3.63, 3.8) is 0 Å². The Morgan fingerprint density at radius 1 is 1.67 bits per heavy atom. The highest BCUT2D eigenvalue weighted by atomic mass is 32.1. The number of hydrogen-bond donors (Lipinski definition) is 2. The monoisotopic (exact) mass is 267 g/mol. The molecule has 1 aliphatic heterocycles. The summed E-state index contributed by atoms with van der Waals surface area (Å²) in [6.45, 7) is 6.54. The van der Waals surface area contributed by atoms with Gasteiger partial charge in [0.2, 0.25) is 5.91 Å². The molecule has 0 bridgehead atoms. The summed E-state index contributed by atoms with van der Waals surface area (Å²) >= 11 is 1.66. The Hall–Kier alpha value is -0.940. The molecule has 1 fully saturated rings. The third kappa shape index (κ3) is 2.90. The molecule has 1 aliphatic rings. The number of rotatable bonds is 5. The Morgan fingerprint density at radius 2 is 2.50 bits per heavy atom. The van der Waals surface area contributed by atoms with Crippen molar-refractivity contribution in [3.05, 3.63) is 16.1 Å². The Labute approximate surface area is 112 Å². The van der Waals surface area contributed by atoms with Gasteiger partial charge in [0, 0.05) is 24.9 Å². The molecule has 1 aromatic rings. The van der Waals surface area contributed by atoms with E-state index in [1.165, 1.54) is 0 Å². The van der Waals surface area contributed by atoms with E-state index < -0.39 is 0 Å². The van der Waals surface area contributed by atoms with Gasteiger partial charge in [0.15, 0.2) is 0 Å². The zero-order valence-electron chi connectivity index (χ0n) is 11.1. The molecule has 100 valence electrons. The first-order valence-electron chi connectivity index (χ1n) is 6.56. The van der Waals surface area contributed by atoms with E-state index in [1.54, 1.807) is 11.3 Å². The second-order valence-electron chi connectivity index (χ2n) is 4.92. The minimum absolute atomic E-state index is 0.183. The van der Waals surface area contributed by atoms with Crippen LogP contribution in [0.4, 0.5) is 0 Å². The number of carbonyl (C=O) groups excluding carboxylic acids is 1. The number of amides is 1. The minimum atomic E-state index is -0.183. The van der Waals surface area contributed by atoms with Crippen molar-refractivity contribution in [1.29, 1.82) is 0 Å². The molecule has 0 radical (unpaired) electrons. The lowest BCUT2D eigenvalue weighted by atomic mass is 9.83. The maximum absolute atomic E-state index is 12.2. The van der Waals surface area contributed by atoms with Crippen LogP contribution in [0.25, 0.3) is 0 Å². The minimum Gasteiger partial charge on any atom is -0.355 e. The topological polar surface area (TPSA) is 54.0 Å². The van der Waals surface area contributed by atoms with E-state index in [0.717, 1.165) is 43.1 Å². The molecule has 1 atom stereocenters. The van der Waals surface area contributed by atoms with E-state index in [1.807, 2.05) is 6.92 Å². The highest BCUT2D eigenvalue weighted by molar-refractivity contribution is 7.09.